The molecular weight excluding hydrogens is 400 g/mol. The van der Waals surface area contributed by atoms with Gasteiger partial charge in [-0.2, -0.15) is 0 Å². The zero-order chi connectivity index (χ0) is 20.9. The van der Waals surface area contributed by atoms with Gasteiger partial charge in [-0.25, -0.2) is 4.99 Å². The van der Waals surface area contributed by atoms with Crippen LogP contribution in [0.2, 0.25) is 0 Å². The fraction of sp³-hybridized carbons (Fsp3) is 0.318. The standard InChI is InChI=1S/C22H24N4O3S/c1-17-5-2-3-8-20(17)23-22-25(10-9-24-11-13-29-14-12-24)21(16-30-22)18-6-4-7-19(15-18)26(27)28/h2-8,15-16H,9-14H2,1H3. The molecular formula is C22H24N4O3S. The molecule has 3 aromatic rings. The third-order valence-corrected chi connectivity index (χ3v) is 6.09. The average molecular weight is 425 g/mol. The number of nitrogens with zero attached hydrogens (tertiary/aromatic N) is 4. The summed E-state index contributed by atoms with van der Waals surface area (Å²) in [6.45, 7) is 7.03. The average Bonchev–Trinajstić information content (AvgIpc) is 3.17. The Morgan fingerprint density at radius 1 is 1.13 bits per heavy atom. The molecule has 0 N–H and O–H groups in total. The van der Waals surface area contributed by atoms with Crippen LogP contribution in [0.4, 0.5) is 11.4 Å². The number of nitro groups is 1. The highest BCUT2D eigenvalue weighted by Crippen LogP contribution is 2.25. The Morgan fingerprint density at radius 2 is 1.93 bits per heavy atom. The summed E-state index contributed by atoms with van der Waals surface area (Å²) in [5.41, 5.74) is 3.92. The molecule has 1 fully saturated rings. The highest BCUT2D eigenvalue weighted by atomic mass is 32.1. The Hall–Kier alpha value is -2.81. The molecule has 1 aliphatic rings. The number of rotatable bonds is 6. The van der Waals surface area contributed by atoms with E-state index in [1.54, 1.807) is 23.5 Å². The summed E-state index contributed by atoms with van der Waals surface area (Å²) < 4.78 is 7.62. The maximum atomic E-state index is 11.2. The van der Waals surface area contributed by atoms with Crippen LogP contribution in [-0.2, 0) is 11.3 Å². The minimum atomic E-state index is -0.355. The predicted octanol–water partition coefficient (Wildman–Crippen LogP) is 4.00. The Labute approximate surface area is 179 Å². The van der Waals surface area contributed by atoms with Gasteiger partial charge in [0, 0.05) is 49.3 Å². The lowest BCUT2D eigenvalue weighted by Gasteiger charge is -2.26. The topological polar surface area (TPSA) is 72.9 Å². The van der Waals surface area contributed by atoms with E-state index in [4.69, 9.17) is 9.73 Å². The van der Waals surface area contributed by atoms with Gasteiger partial charge in [0.05, 0.1) is 29.5 Å². The third kappa shape index (κ3) is 4.67. The van der Waals surface area contributed by atoms with Crippen LogP contribution in [0.5, 0.6) is 0 Å². The van der Waals surface area contributed by atoms with Crippen molar-refractivity contribution in [2.75, 3.05) is 32.8 Å². The monoisotopic (exact) mass is 424 g/mol. The van der Waals surface area contributed by atoms with E-state index >= 15 is 0 Å². The van der Waals surface area contributed by atoms with Gasteiger partial charge in [-0.1, -0.05) is 30.3 Å². The number of hydrogen-bond donors (Lipinski definition) is 0. The number of non-ortho nitro benzene ring substituents is 1. The van der Waals surface area contributed by atoms with Crippen molar-refractivity contribution in [1.29, 1.82) is 0 Å². The molecule has 7 nitrogen and oxygen atoms in total. The van der Waals surface area contributed by atoms with Crippen LogP contribution in [0.1, 0.15) is 5.56 Å². The number of ether oxygens (including phenoxy) is 1. The summed E-state index contributed by atoms with van der Waals surface area (Å²) in [4.78, 5) is 19.1. The summed E-state index contributed by atoms with van der Waals surface area (Å²) in [6, 6.07) is 14.8. The van der Waals surface area contributed by atoms with Crippen molar-refractivity contribution in [3.05, 3.63) is 74.4 Å². The molecule has 1 saturated heterocycles. The number of benzene rings is 2. The van der Waals surface area contributed by atoms with Crippen LogP contribution < -0.4 is 4.80 Å². The summed E-state index contributed by atoms with van der Waals surface area (Å²) in [5, 5.41) is 13.3. The van der Waals surface area contributed by atoms with Crippen molar-refractivity contribution in [3.8, 4) is 11.3 Å². The van der Waals surface area contributed by atoms with E-state index < -0.39 is 0 Å². The lowest BCUT2D eigenvalue weighted by molar-refractivity contribution is -0.384. The van der Waals surface area contributed by atoms with Crippen LogP contribution in [0.25, 0.3) is 11.3 Å². The second-order valence-corrected chi connectivity index (χ2v) is 8.05. The first-order chi connectivity index (χ1) is 14.6. The normalized spacial score (nSPS) is 15.4. The summed E-state index contributed by atoms with van der Waals surface area (Å²) in [7, 11) is 0. The molecule has 156 valence electrons. The summed E-state index contributed by atoms with van der Waals surface area (Å²) >= 11 is 1.56. The zero-order valence-electron chi connectivity index (χ0n) is 16.9. The number of thiazole rings is 1. The maximum Gasteiger partial charge on any atom is 0.270 e. The smallest absolute Gasteiger partial charge is 0.270 e. The molecule has 0 atom stereocenters. The Bertz CT molecular complexity index is 1100. The number of aryl methyl sites for hydroxylation is 1. The van der Waals surface area contributed by atoms with Crippen LogP contribution >= 0.6 is 11.3 Å². The minimum absolute atomic E-state index is 0.0934. The molecule has 2 heterocycles. The van der Waals surface area contributed by atoms with Crippen molar-refractivity contribution in [2.45, 2.75) is 13.5 Å². The molecule has 0 unspecified atom stereocenters. The molecule has 4 rings (SSSR count). The van der Waals surface area contributed by atoms with E-state index in [0.717, 1.165) is 66.7 Å². The van der Waals surface area contributed by atoms with Gasteiger partial charge in [-0.15, -0.1) is 11.3 Å². The molecule has 0 saturated carbocycles. The van der Waals surface area contributed by atoms with E-state index in [-0.39, 0.29) is 10.6 Å². The highest BCUT2D eigenvalue weighted by molar-refractivity contribution is 7.07. The van der Waals surface area contributed by atoms with Gasteiger partial charge in [0.2, 0.25) is 0 Å². The fourth-order valence-corrected chi connectivity index (χ4v) is 4.45. The predicted molar refractivity (Wildman–Crippen MR) is 118 cm³/mol. The van der Waals surface area contributed by atoms with E-state index in [1.807, 2.05) is 42.6 Å². The minimum Gasteiger partial charge on any atom is -0.379 e. The molecule has 2 aromatic carbocycles. The molecule has 0 radical (unpaired) electrons. The van der Waals surface area contributed by atoms with E-state index in [1.165, 1.54) is 6.07 Å². The lowest BCUT2D eigenvalue weighted by Crippen LogP contribution is -2.39. The molecule has 1 aromatic heterocycles. The van der Waals surface area contributed by atoms with Gasteiger partial charge < -0.3 is 9.30 Å². The van der Waals surface area contributed by atoms with Gasteiger partial charge in [0.25, 0.3) is 5.69 Å². The van der Waals surface area contributed by atoms with Crippen molar-refractivity contribution in [3.63, 3.8) is 0 Å². The van der Waals surface area contributed by atoms with Crippen LogP contribution in [0.15, 0.2) is 58.9 Å². The first-order valence-corrected chi connectivity index (χ1v) is 10.8. The molecule has 0 bridgehead atoms. The van der Waals surface area contributed by atoms with Crippen LogP contribution in [0.3, 0.4) is 0 Å². The van der Waals surface area contributed by atoms with Crippen molar-refractivity contribution < 1.29 is 9.66 Å². The van der Waals surface area contributed by atoms with Gasteiger partial charge in [-0.05, 0) is 18.6 Å². The summed E-state index contributed by atoms with van der Waals surface area (Å²) in [6.07, 6.45) is 0. The Kier molecular flexibility index (Phi) is 6.37. The number of nitro benzene ring substituents is 1. The molecule has 0 aliphatic carbocycles. The summed E-state index contributed by atoms with van der Waals surface area (Å²) in [5.74, 6) is 0. The number of para-hydroxylation sites is 1. The Morgan fingerprint density at radius 3 is 2.70 bits per heavy atom. The van der Waals surface area contributed by atoms with Crippen LogP contribution in [-0.4, -0.2) is 47.2 Å². The first-order valence-electron chi connectivity index (χ1n) is 9.95. The molecule has 8 heteroatoms. The van der Waals surface area contributed by atoms with E-state index in [2.05, 4.69) is 9.47 Å². The lowest BCUT2D eigenvalue weighted by atomic mass is 10.1. The second-order valence-electron chi connectivity index (χ2n) is 7.21. The first kappa shape index (κ1) is 20.5. The fourth-order valence-electron chi connectivity index (χ4n) is 3.50. The quantitative estimate of drug-likeness (QED) is 0.443. The second kappa shape index (κ2) is 9.34. The largest absolute Gasteiger partial charge is 0.379 e. The third-order valence-electron chi connectivity index (χ3n) is 5.23. The maximum absolute atomic E-state index is 11.2. The number of hydrogen-bond acceptors (Lipinski definition) is 6. The van der Waals surface area contributed by atoms with Gasteiger partial charge in [0.15, 0.2) is 4.80 Å². The van der Waals surface area contributed by atoms with Crippen molar-refractivity contribution >= 4 is 22.7 Å². The molecule has 1 aliphatic heterocycles. The van der Waals surface area contributed by atoms with Gasteiger partial charge >= 0.3 is 0 Å². The van der Waals surface area contributed by atoms with E-state index in [9.17, 15) is 10.1 Å². The van der Waals surface area contributed by atoms with Gasteiger partial charge in [0.1, 0.15) is 0 Å². The molecule has 0 spiro atoms. The highest BCUT2D eigenvalue weighted by Gasteiger charge is 2.15. The van der Waals surface area contributed by atoms with Crippen molar-refractivity contribution in [1.82, 2.24) is 9.47 Å². The zero-order valence-corrected chi connectivity index (χ0v) is 17.7. The SMILES string of the molecule is Cc1ccccc1N=c1scc(-c2cccc([N+](=O)[O-])c2)n1CCN1CCOCC1. The van der Waals surface area contributed by atoms with Crippen molar-refractivity contribution in [2.24, 2.45) is 4.99 Å². The number of morpholine rings is 1. The molecule has 30 heavy (non-hydrogen) atoms. The Balaban J connectivity index is 1.74. The van der Waals surface area contributed by atoms with Crippen LogP contribution in [0, 0.1) is 17.0 Å². The molecule has 0 amide bonds. The number of aromatic nitrogens is 1. The van der Waals surface area contributed by atoms with E-state index in [0.29, 0.717) is 0 Å². The van der Waals surface area contributed by atoms with Gasteiger partial charge in [-0.3, -0.25) is 15.0 Å².